The smallest absolute Gasteiger partial charge is 0.246 e. The molecule has 0 unspecified atom stereocenters. The standard InChI is InChI=1S/C20H23N7O2/c28-20(13-27-23-16-6-1-2-7-17(16)24-27)26-10-8-25(9-11-26)18-12-19(22-14-21-18)29-15-4-3-5-15/h1-2,6-7,12,14-15H,3-5,8-11,13H2. The summed E-state index contributed by atoms with van der Waals surface area (Å²) in [6.45, 7) is 2.88. The van der Waals surface area contributed by atoms with Crippen LogP contribution in [0.5, 0.6) is 5.88 Å². The summed E-state index contributed by atoms with van der Waals surface area (Å²) in [5, 5.41) is 8.74. The lowest BCUT2D eigenvalue weighted by Crippen LogP contribution is -2.50. The second-order valence-electron chi connectivity index (χ2n) is 7.47. The third kappa shape index (κ3) is 3.85. The quantitative estimate of drug-likeness (QED) is 0.649. The van der Waals surface area contributed by atoms with Gasteiger partial charge in [-0.1, -0.05) is 12.1 Å². The number of fused-ring (bicyclic) bond motifs is 1. The summed E-state index contributed by atoms with van der Waals surface area (Å²) in [4.78, 5) is 26.8. The lowest BCUT2D eigenvalue weighted by molar-refractivity contribution is -0.132. The molecule has 3 aromatic rings. The number of hydrogen-bond acceptors (Lipinski definition) is 7. The van der Waals surface area contributed by atoms with Gasteiger partial charge in [0, 0.05) is 32.2 Å². The van der Waals surface area contributed by atoms with Gasteiger partial charge in [0.05, 0.1) is 0 Å². The molecule has 29 heavy (non-hydrogen) atoms. The fourth-order valence-corrected chi connectivity index (χ4v) is 3.61. The minimum atomic E-state index is 0.0293. The van der Waals surface area contributed by atoms with E-state index in [2.05, 4.69) is 25.1 Å². The highest BCUT2D eigenvalue weighted by Gasteiger charge is 2.24. The summed E-state index contributed by atoms with van der Waals surface area (Å²) in [6.07, 6.45) is 5.26. The van der Waals surface area contributed by atoms with Crippen molar-refractivity contribution in [3.05, 3.63) is 36.7 Å². The van der Waals surface area contributed by atoms with Crippen LogP contribution >= 0.6 is 0 Å². The lowest BCUT2D eigenvalue weighted by atomic mass is 9.96. The number of benzene rings is 1. The highest BCUT2D eigenvalue weighted by atomic mass is 16.5. The minimum Gasteiger partial charge on any atom is -0.474 e. The third-order valence-electron chi connectivity index (χ3n) is 5.53. The zero-order valence-electron chi connectivity index (χ0n) is 16.1. The van der Waals surface area contributed by atoms with Crippen LogP contribution < -0.4 is 9.64 Å². The molecule has 0 atom stereocenters. The fraction of sp³-hybridized carbons (Fsp3) is 0.450. The number of ether oxygens (including phenoxy) is 1. The molecule has 0 bridgehead atoms. The first-order valence-corrected chi connectivity index (χ1v) is 10.1. The SMILES string of the molecule is O=C(Cn1nc2ccccc2n1)N1CCN(c2cc(OC3CCC3)ncn2)CC1. The van der Waals surface area contributed by atoms with E-state index >= 15 is 0 Å². The highest BCUT2D eigenvalue weighted by molar-refractivity contribution is 5.77. The molecule has 2 fully saturated rings. The molecule has 3 heterocycles. The van der Waals surface area contributed by atoms with Gasteiger partial charge in [0.15, 0.2) is 0 Å². The summed E-state index contributed by atoms with van der Waals surface area (Å²) in [5.41, 5.74) is 1.60. The van der Waals surface area contributed by atoms with Crippen LogP contribution in [0.4, 0.5) is 5.82 Å². The Morgan fingerprint density at radius 3 is 2.41 bits per heavy atom. The molecule has 9 heteroatoms. The molecule has 1 aromatic carbocycles. The Morgan fingerprint density at radius 2 is 1.76 bits per heavy atom. The molecule has 1 aliphatic carbocycles. The van der Waals surface area contributed by atoms with E-state index in [0.717, 1.165) is 42.8 Å². The van der Waals surface area contributed by atoms with Crippen LogP contribution in [0.15, 0.2) is 36.7 Å². The number of rotatable bonds is 5. The van der Waals surface area contributed by atoms with E-state index in [-0.39, 0.29) is 12.5 Å². The molecule has 2 aromatic heterocycles. The van der Waals surface area contributed by atoms with Crippen molar-refractivity contribution in [1.82, 2.24) is 29.9 Å². The number of carbonyl (C=O) groups is 1. The van der Waals surface area contributed by atoms with Gasteiger partial charge in [0.2, 0.25) is 11.8 Å². The van der Waals surface area contributed by atoms with Gasteiger partial charge in [-0.05, 0) is 31.4 Å². The van der Waals surface area contributed by atoms with Gasteiger partial charge < -0.3 is 14.5 Å². The number of anilines is 1. The predicted molar refractivity (Wildman–Crippen MR) is 107 cm³/mol. The number of nitrogens with zero attached hydrogens (tertiary/aromatic N) is 7. The van der Waals surface area contributed by atoms with Crippen LogP contribution in [-0.4, -0.2) is 68.1 Å². The zero-order chi connectivity index (χ0) is 19.6. The Kier molecular flexibility index (Phi) is 4.71. The van der Waals surface area contributed by atoms with Crippen molar-refractivity contribution in [2.45, 2.75) is 31.9 Å². The molecule has 0 radical (unpaired) electrons. The van der Waals surface area contributed by atoms with Gasteiger partial charge in [-0.3, -0.25) is 4.79 Å². The average molecular weight is 393 g/mol. The predicted octanol–water partition coefficient (Wildman–Crippen LogP) is 1.50. The topological polar surface area (TPSA) is 89.3 Å². The first-order valence-electron chi connectivity index (χ1n) is 10.1. The maximum absolute atomic E-state index is 12.7. The van der Waals surface area contributed by atoms with Crippen LogP contribution in [-0.2, 0) is 11.3 Å². The van der Waals surface area contributed by atoms with E-state index in [4.69, 9.17) is 4.74 Å². The Labute approximate surface area is 168 Å². The van der Waals surface area contributed by atoms with Gasteiger partial charge in [0.1, 0.15) is 35.8 Å². The first kappa shape index (κ1) is 17.8. The number of piperazine rings is 1. The second kappa shape index (κ2) is 7.65. The summed E-state index contributed by atoms with van der Waals surface area (Å²) in [6, 6.07) is 9.52. The van der Waals surface area contributed by atoms with Crippen molar-refractivity contribution in [2.75, 3.05) is 31.1 Å². The Balaban J connectivity index is 1.17. The summed E-state index contributed by atoms with van der Waals surface area (Å²) in [5.74, 6) is 1.51. The molecule has 1 amide bonds. The molecular formula is C20H23N7O2. The van der Waals surface area contributed by atoms with Crippen LogP contribution in [0.3, 0.4) is 0 Å². The number of carbonyl (C=O) groups excluding carboxylic acids is 1. The van der Waals surface area contributed by atoms with Crippen LogP contribution in [0, 0.1) is 0 Å². The van der Waals surface area contributed by atoms with E-state index in [1.165, 1.54) is 11.2 Å². The molecule has 2 aliphatic rings. The van der Waals surface area contributed by atoms with Gasteiger partial charge in [-0.15, -0.1) is 0 Å². The summed E-state index contributed by atoms with van der Waals surface area (Å²) in [7, 11) is 0. The van der Waals surface area contributed by atoms with Crippen LogP contribution in [0.1, 0.15) is 19.3 Å². The lowest BCUT2D eigenvalue weighted by Gasteiger charge is -2.35. The normalized spacial score (nSPS) is 17.4. The molecular weight excluding hydrogens is 370 g/mol. The van der Waals surface area contributed by atoms with Crippen molar-refractivity contribution in [2.24, 2.45) is 0 Å². The zero-order valence-corrected chi connectivity index (χ0v) is 16.1. The van der Waals surface area contributed by atoms with E-state index in [1.54, 1.807) is 6.33 Å². The van der Waals surface area contributed by atoms with E-state index < -0.39 is 0 Å². The largest absolute Gasteiger partial charge is 0.474 e. The molecule has 1 saturated heterocycles. The maximum atomic E-state index is 12.7. The van der Waals surface area contributed by atoms with E-state index in [9.17, 15) is 4.79 Å². The Hall–Kier alpha value is -3.23. The molecule has 150 valence electrons. The van der Waals surface area contributed by atoms with E-state index in [1.807, 2.05) is 35.2 Å². The van der Waals surface area contributed by atoms with Gasteiger partial charge >= 0.3 is 0 Å². The molecule has 0 N–H and O–H groups in total. The maximum Gasteiger partial charge on any atom is 0.246 e. The fourth-order valence-electron chi connectivity index (χ4n) is 3.61. The molecule has 9 nitrogen and oxygen atoms in total. The van der Waals surface area contributed by atoms with Gasteiger partial charge in [0.25, 0.3) is 0 Å². The number of aromatic nitrogens is 5. The van der Waals surface area contributed by atoms with Gasteiger partial charge in [-0.2, -0.15) is 15.0 Å². The van der Waals surface area contributed by atoms with Crippen LogP contribution in [0.2, 0.25) is 0 Å². The summed E-state index contributed by atoms with van der Waals surface area (Å²) >= 11 is 0. The minimum absolute atomic E-state index is 0.0293. The molecule has 5 rings (SSSR count). The highest BCUT2D eigenvalue weighted by Crippen LogP contribution is 2.25. The van der Waals surface area contributed by atoms with Crippen molar-refractivity contribution in [3.8, 4) is 5.88 Å². The first-order chi connectivity index (χ1) is 14.2. The third-order valence-corrected chi connectivity index (χ3v) is 5.53. The molecule has 1 saturated carbocycles. The van der Waals surface area contributed by atoms with Gasteiger partial charge in [-0.25, -0.2) is 9.97 Å². The second-order valence-corrected chi connectivity index (χ2v) is 7.47. The van der Waals surface area contributed by atoms with E-state index in [0.29, 0.717) is 25.1 Å². The molecule has 1 aliphatic heterocycles. The van der Waals surface area contributed by atoms with Crippen LogP contribution in [0.25, 0.3) is 11.0 Å². The monoisotopic (exact) mass is 393 g/mol. The average Bonchev–Trinajstić information content (AvgIpc) is 3.13. The Bertz CT molecular complexity index is 976. The van der Waals surface area contributed by atoms with Crippen molar-refractivity contribution in [3.63, 3.8) is 0 Å². The van der Waals surface area contributed by atoms with Crippen molar-refractivity contribution >= 4 is 22.8 Å². The number of hydrogen-bond donors (Lipinski definition) is 0. The Morgan fingerprint density at radius 1 is 1.03 bits per heavy atom. The van der Waals surface area contributed by atoms with Crippen molar-refractivity contribution < 1.29 is 9.53 Å². The number of amides is 1. The molecule has 0 spiro atoms. The summed E-state index contributed by atoms with van der Waals surface area (Å²) < 4.78 is 5.87. The van der Waals surface area contributed by atoms with Crippen molar-refractivity contribution in [1.29, 1.82) is 0 Å².